The zero-order chi connectivity index (χ0) is 37.7. The number of hydrogen-bond donors (Lipinski definition) is 2. The lowest BCUT2D eigenvalue weighted by molar-refractivity contribution is -0.140. The molecule has 1 atom stereocenters. The maximum absolute atomic E-state index is 13.8. The van der Waals surface area contributed by atoms with Gasteiger partial charge in [0, 0.05) is 69.6 Å². The minimum absolute atomic E-state index is 0.290. The number of nitrogens with one attached hydrogen (secondary N) is 1. The number of aliphatic carboxylic acids is 1. The highest BCUT2D eigenvalue weighted by Crippen LogP contribution is 2.29. The third kappa shape index (κ3) is 10.7. The van der Waals surface area contributed by atoms with Crippen LogP contribution < -0.4 is 5.32 Å². The summed E-state index contributed by atoms with van der Waals surface area (Å²) in [5.41, 5.74) is 7.86. The molecule has 0 aliphatic carbocycles. The Morgan fingerprint density at radius 1 is 0.574 bits per heavy atom. The SMILES string of the molecule is CC(C)[C@H](NC(=O)c1ccccc1-c1cc(CN(Cc2ccccn2)Cc2ccccn2)cc(CN(Cc2ccccn2)Cc2ccccn2)c1)C(=O)O. The molecule has 274 valence electrons. The molecule has 54 heavy (non-hydrogen) atoms. The van der Waals surface area contributed by atoms with E-state index in [0.29, 0.717) is 50.4 Å². The molecule has 10 heteroatoms. The van der Waals surface area contributed by atoms with Gasteiger partial charge in [-0.2, -0.15) is 0 Å². The minimum atomic E-state index is -1.07. The highest BCUT2D eigenvalue weighted by molar-refractivity contribution is 6.02. The minimum Gasteiger partial charge on any atom is -0.480 e. The number of carbonyl (C=O) groups is 2. The van der Waals surface area contributed by atoms with Crippen molar-refractivity contribution in [3.05, 3.63) is 180 Å². The molecule has 0 spiro atoms. The molecule has 4 aromatic heterocycles. The summed E-state index contributed by atoms with van der Waals surface area (Å²) in [6.07, 6.45) is 7.23. The molecule has 0 saturated carbocycles. The van der Waals surface area contributed by atoms with Gasteiger partial charge in [0.2, 0.25) is 0 Å². The number of amides is 1. The molecule has 0 saturated heterocycles. The van der Waals surface area contributed by atoms with Crippen LogP contribution in [0.5, 0.6) is 0 Å². The quantitative estimate of drug-likeness (QED) is 0.101. The molecule has 0 radical (unpaired) electrons. The summed E-state index contributed by atoms with van der Waals surface area (Å²) in [5, 5.41) is 12.6. The average molecular weight is 720 g/mol. The number of carboxylic acid groups (broad SMARTS) is 1. The van der Waals surface area contributed by atoms with E-state index in [0.717, 1.165) is 39.5 Å². The van der Waals surface area contributed by atoms with Crippen LogP contribution in [0.1, 0.15) is 58.1 Å². The number of hydrogen-bond acceptors (Lipinski definition) is 8. The third-order valence-corrected chi connectivity index (χ3v) is 9.01. The smallest absolute Gasteiger partial charge is 0.326 e. The van der Waals surface area contributed by atoms with Gasteiger partial charge in [-0.15, -0.1) is 0 Å². The molecule has 0 aliphatic rings. The Morgan fingerprint density at radius 2 is 0.981 bits per heavy atom. The summed E-state index contributed by atoms with van der Waals surface area (Å²) >= 11 is 0. The number of rotatable bonds is 17. The molecule has 4 heterocycles. The van der Waals surface area contributed by atoms with Crippen LogP contribution >= 0.6 is 0 Å². The largest absolute Gasteiger partial charge is 0.480 e. The van der Waals surface area contributed by atoms with E-state index in [9.17, 15) is 14.7 Å². The van der Waals surface area contributed by atoms with Gasteiger partial charge in [0.1, 0.15) is 6.04 Å². The monoisotopic (exact) mass is 719 g/mol. The summed E-state index contributed by atoms with van der Waals surface area (Å²) in [6.45, 7) is 7.14. The van der Waals surface area contributed by atoms with Crippen molar-refractivity contribution in [3.63, 3.8) is 0 Å². The summed E-state index contributed by atoms with van der Waals surface area (Å²) in [5.74, 6) is -1.79. The first-order valence-corrected chi connectivity index (χ1v) is 18.1. The van der Waals surface area contributed by atoms with Crippen LogP contribution in [0.3, 0.4) is 0 Å². The van der Waals surface area contributed by atoms with Crippen LogP contribution in [0.4, 0.5) is 0 Å². The van der Waals surface area contributed by atoms with Gasteiger partial charge in [-0.05, 0) is 94.9 Å². The van der Waals surface area contributed by atoms with E-state index in [2.05, 4.69) is 53.3 Å². The van der Waals surface area contributed by atoms with Crippen molar-refractivity contribution in [1.29, 1.82) is 0 Å². The first-order valence-electron chi connectivity index (χ1n) is 18.1. The molecule has 0 fully saturated rings. The van der Waals surface area contributed by atoms with E-state index in [1.165, 1.54) is 0 Å². The molecule has 1 amide bonds. The van der Waals surface area contributed by atoms with Gasteiger partial charge in [-0.25, -0.2) is 4.79 Å². The fraction of sp³-hybridized carbons (Fsp3) is 0.227. The lowest BCUT2D eigenvalue weighted by Gasteiger charge is -2.25. The van der Waals surface area contributed by atoms with Crippen LogP contribution in [-0.2, 0) is 44.1 Å². The van der Waals surface area contributed by atoms with Crippen molar-refractivity contribution in [3.8, 4) is 11.1 Å². The molecule has 0 bridgehead atoms. The highest BCUT2D eigenvalue weighted by Gasteiger charge is 2.25. The van der Waals surface area contributed by atoms with Crippen LogP contribution in [0, 0.1) is 5.92 Å². The van der Waals surface area contributed by atoms with Gasteiger partial charge >= 0.3 is 5.97 Å². The van der Waals surface area contributed by atoms with Gasteiger partial charge in [-0.3, -0.25) is 34.5 Å². The Morgan fingerprint density at radius 3 is 1.35 bits per heavy atom. The van der Waals surface area contributed by atoms with Crippen molar-refractivity contribution in [2.45, 2.75) is 59.2 Å². The standard InChI is InChI=1S/C44H45N7O3/c1-32(2)42(44(53)54)49-43(52)41-18-4-3-17-40(41)35-24-33(26-50(28-36-13-5-9-19-45-36)29-37-14-6-10-20-46-37)23-34(25-35)27-51(30-38-15-7-11-21-47-38)31-39-16-8-12-22-48-39/h3-25,32,42H,26-31H2,1-2H3,(H,49,52)(H,53,54)/t42-/m0/s1. The molecular formula is C44H45N7O3. The Bertz CT molecular complexity index is 1910. The van der Waals surface area contributed by atoms with Crippen molar-refractivity contribution >= 4 is 11.9 Å². The molecule has 6 rings (SSSR count). The van der Waals surface area contributed by atoms with E-state index in [1.807, 2.05) is 84.9 Å². The normalized spacial score (nSPS) is 11.9. The highest BCUT2D eigenvalue weighted by atomic mass is 16.4. The van der Waals surface area contributed by atoms with Gasteiger partial charge in [-0.1, -0.05) is 62.4 Å². The Hall–Kier alpha value is -6.10. The van der Waals surface area contributed by atoms with E-state index >= 15 is 0 Å². The van der Waals surface area contributed by atoms with Crippen molar-refractivity contribution in [1.82, 2.24) is 35.1 Å². The lowest BCUT2D eigenvalue weighted by Crippen LogP contribution is -2.44. The lowest BCUT2D eigenvalue weighted by atomic mass is 9.94. The van der Waals surface area contributed by atoms with E-state index in [-0.39, 0.29) is 5.92 Å². The first kappa shape index (κ1) is 37.7. The fourth-order valence-electron chi connectivity index (χ4n) is 6.50. The summed E-state index contributed by atoms with van der Waals surface area (Å²) in [7, 11) is 0. The van der Waals surface area contributed by atoms with Crippen molar-refractivity contribution in [2.24, 2.45) is 5.92 Å². The number of pyridine rings is 4. The Kier molecular flexibility index (Phi) is 13.0. The Balaban J connectivity index is 1.40. The van der Waals surface area contributed by atoms with E-state index in [1.54, 1.807) is 50.8 Å². The van der Waals surface area contributed by atoms with Crippen molar-refractivity contribution in [2.75, 3.05) is 0 Å². The molecule has 2 N–H and O–H groups in total. The van der Waals surface area contributed by atoms with Gasteiger partial charge < -0.3 is 10.4 Å². The molecule has 0 aliphatic heterocycles. The molecule has 2 aromatic carbocycles. The zero-order valence-electron chi connectivity index (χ0n) is 30.6. The van der Waals surface area contributed by atoms with Crippen LogP contribution in [0.15, 0.2) is 140 Å². The number of benzene rings is 2. The van der Waals surface area contributed by atoms with Gasteiger partial charge in [0.25, 0.3) is 5.91 Å². The molecular weight excluding hydrogens is 675 g/mol. The van der Waals surface area contributed by atoms with Crippen LogP contribution in [-0.4, -0.2) is 52.8 Å². The molecule has 10 nitrogen and oxygen atoms in total. The number of carboxylic acids is 1. The second-order valence-corrected chi connectivity index (χ2v) is 13.7. The second kappa shape index (κ2) is 18.6. The van der Waals surface area contributed by atoms with Gasteiger partial charge in [0.15, 0.2) is 0 Å². The summed E-state index contributed by atoms with van der Waals surface area (Å²) in [4.78, 5) is 48.9. The van der Waals surface area contributed by atoms with E-state index in [4.69, 9.17) is 0 Å². The Labute approximate surface area is 316 Å². The fourth-order valence-corrected chi connectivity index (χ4v) is 6.50. The molecule has 6 aromatic rings. The predicted molar refractivity (Wildman–Crippen MR) is 208 cm³/mol. The predicted octanol–water partition coefficient (Wildman–Crippen LogP) is 7.18. The maximum atomic E-state index is 13.8. The topological polar surface area (TPSA) is 124 Å². The van der Waals surface area contributed by atoms with E-state index < -0.39 is 17.9 Å². The molecule has 0 unspecified atom stereocenters. The summed E-state index contributed by atoms with van der Waals surface area (Å²) < 4.78 is 0. The van der Waals surface area contributed by atoms with Crippen LogP contribution in [0.2, 0.25) is 0 Å². The maximum Gasteiger partial charge on any atom is 0.326 e. The number of nitrogens with zero attached hydrogens (tertiary/aromatic N) is 6. The first-order chi connectivity index (χ1) is 26.3. The average Bonchev–Trinajstić information content (AvgIpc) is 3.18. The third-order valence-electron chi connectivity index (χ3n) is 9.01. The van der Waals surface area contributed by atoms with Crippen LogP contribution in [0.25, 0.3) is 11.1 Å². The summed E-state index contributed by atoms with van der Waals surface area (Å²) in [6, 6.07) is 36.5. The number of aromatic nitrogens is 4. The van der Waals surface area contributed by atoms with Crippen molar-refractivity contribution < 1.29 is 14.7 Å². The zero-order valence-corrected chi connectivity index (χ0v) is 30.6. The number of carbonyl (C=O) groups excluding carboxylic acids is 1. The van der Waals surface area contributed by atoms with Gasteiger partial charge in [0.05, 0.1) is 22.8 Å². The second-order valence-electron chi connectivity index (χ2n) is 13.7.